The third kappa shape index (κ3) is 5.33. The molecule has 2 aliphatic rings. The highest BCUT2D eigenvalue weighted by Crippen LogP contribution is 2.43. The Morgan fingerprint density at radius 1 is 1.14 bits per heavy atom. The van der Waals surface area contributed by atoms with Gasteiger partial charge in [-0.2, -0.15) is 10.5 Å². The van der Waals surface area contributed by atoms with Crippen LogP contribution in [0.1, 0.15) is 51.2 Å². The number of hydrogen-bond acceptors (Lipinski definition) is 5. The zero-order valence-electron chi connectivity index (χ0n) is 20.6. The SMILES string of the molecule is CC(C)(C)OC(=O)N1C2CCC(C2)C1C(=O)NC(C#N)Cc1ccc(-c2ccc(C#N)c(F)c2)cc1. The van der Waals surface area contributed by atoms with E-state index in [9.17, 15) is 19.2 Å². The highest BCUT2D eigenvalue weighted by Gasteiger charge is 2.52. The van der Waals surface area contributed by atoms with Crippen molar-refractivity contribution in [3.05, 3.63) is 59.4 Å². The smallest absolute Gasteiger partial charge is 0.411 e. The van der Waals surface area contributed by atoms with E-state index in [1.54, 1.807) is 37.8 Å². The molecule has 2 amide bonds. The van der Waals surface area contributed by atoms with Gasteiger partial charge in [0.1, 0.15) is 29.6 Å². The molecule has 186 valence electrons. The number of halogens is 1. The molecule has 0 aromatic heterocycles. The molecule has 1 saturated heterocycles. The Bertz CT molecular complexity index is 1240. The third-order valence-electron chi connectivity index (χ3n) is 6.75. The summed E-state index contributed by atoms with van der Waals surface area (Å²) in [6.45, 7) is 5.38. The van der Waals surface area contributed by atoms with Crippen molar-refractivity contribution in [1.29, 1.82) is 10.5 Å². The van der Waals surface area contributed by atoms with Gasteiger partial charge in [0.05, 0.1) is 11.6 Å². The summed E-state index contributed by atoms with van der Waals surface area (Å²) < 4.78 is 19.5. The van der Waals surface area contributed by atoms with E-state index < -0.39 is 29.6 Å². The molecule has 7 nitrogen and oxygen atoms in total. The predicted molar refractivity (Wildman–Crippen MR) is 131 cm³/mol. The van der Waals surface area contributed by atoms with Crippen molar-refractivity contribution in [3.8, 4) is 23.3 Å². The van der Waals surface area contributed by atoms with Crippen molar-refractivity contribution in [3.63, 3.8) is 0 Å². The Kier molecular flexibility index (Phi) is 6.99. The van der Waals surface area contributed by atoms with Crippen molar-refractivity contribution in [1.82, 2.24) is 10.2 Å². The van der Waals surface area contributed by atoms with Gasteiger partial charge in [-0.1, -0.05) is 30.3 Å². The summed E-state index contributed by atoms with van der Waals surface area (Å²) in [7, 11) is 0. The van der Waals surface area contributed by atoms with Crippen molar-refractivity contribution >= 4 is 12.0 Å². The van der Waals surface area contributed by atoms with Gasteiger partial charge < -0.3 is 10.1 Å². The van der Waals surface area contributed by atoms with Gasteiger partial charge in [0, 0.05) is 12.5 Å². The summed E-state index contributed by atoms with van der Waals surface area (Å²) in [5, 5.41) is 21.4. The van der Waals surface area contributed by atoms with E-state index in [2.05, 4.69) is 11.4 Å². The van der Waals surface area contributed by atoms with Gasteiger partial charge in [-0.3, -0.25) is 9.69 Å². The lowest BCUT2D eigenvalue weighted by molar-refractivity contribution is -0.128. The fraction of sp³-hybridized carbons (Fsp3) is 0.429. The number of amides is 2. The zero-order chi connectivity index (χ0) is 26.0. The number of carbonyl (C=O) groups excluding carboxylic acids is 2. The second-order valence-electron chi connectivity index (χ2n) is 10.5. The number of nitriles is 2. The van der Waals surface area contributed by atoms with Crippen LogP contribution >= 0.6 is 0 Å². The minimum atomic E-state index is -0.768. The highest BCUT2D eigenvalue weighted by atomic mass is 19.1. The van der Waals surface area contributed by atoms with E-state index in [1.165, 1.54) is 12.1 Å². The van der Waals surface area contributed by atoms with Crippen molar-refractivity contribution in [2.24, 2.45) is 5.92 Å². The number of rotatable bonds is 5. The third-order valence-corrected chi connectivity index (χ3v) is 6.75. The summed E-state index contributed by atoms with van der Waals surface area (Å²) >= 11 is 0. The molecule has 1 N–H and O–H groups in total. The molecule has 1 aliphatic heterocycles. The summed E-state index contributed by atoms with van der Waals surface area (Å²) in [5.41, 5.74) is 1.57. The van der Waals surface area contributed by atoms with E-state index in [1.807, 2.05) is 24.3 Å². The Morgan fingerprint density at radius 3 is 2.44 bits per heavy atom. The van der Waals surface area contributed by atoms with Crippen molar-refractivity contribution in [2.75, 3.05) is 0 Å². The van der Waals surface area contributed by atoms with E-state index in [-0.39, 0.29) is 29.9 Å². The molecule has 1 heterocycles. The Balaban J connectivity index is 1.42. The molecule has 4 unspecified atom stereocenters. The first kappa shape index (κ1) is 25.2. The summed E-state index contributed by atoms with van der Waals surface area (Å²) in [4.78, 5) is 27.6. The molecule has 2 bridgehead atoms. The second-order valence-corrected chi connectivity index (χ2v) is 10.5. The molecule has 2 fully saturated rings. The van der Waals surface area contributed by atoms with Crippen molar-refractivity contribution < 1.29 is 18.7 Å². The molecule has 1 aliphatic carbocycles. The summed E-state index contributed by atoms with van der Waals surface area (Å²) in [6, 6.07) is 14.3. The Labute approximate surface area is 210 Å². The summed E-state index contributed by atoms with van der Waals surface area (Å²) in [6.07, 6.45) is 2.29. The molecule has 2 aromatic carbocycles. The van der Waals surface area contributed by atoms with E-state index >= 15 is 0 Å². The monoisotopic (exact) mass is 488 g/mol. The predicted octanol–water partition coefficient (Wildman–Crippen LogP) is 4.70. The number of fused-ring (bicyclic) bond motifs is 2. The fourth-order valence-electron chi connectivity index (χ4n) is 5.14. The van der Waals surface area contributed by atoms with Crippen LogP contribution in [-0.4, -0.2) is 40.6 Å². The molecule has 0 spiro atoms. The molecule has 0 radical (unpaired) electrons. The normalized spacial score (nSPS) is 21.4. The average Bonchev–Trinajstić information content (AvgIpc) is 3.45. The van der Waals surface area contributed by atoms with Gasteiger partial charge in [-0.05, 0) is 74.8 Å². The first-order valence-corrected chi connectivity index (χ1v) is 12.1. The first-order valence-electron chi connectivity index (χ1n) is 12.1. The number of likely N-dealkylation sites (tertiary alicyclic amines) is 1. The maximum Gasteiger partial charge on any atom is 0.411 e. The number of benzene rings is 2. The number of hydrogen-bond donors (Lipinski definition) is 1. The van der Waals surface area contributed by atoms with Crippen molar-refractivity contribution in [2.45, 2.75) is 70.2 Å². The van der Waals surface area contributed by atoms with Crippen LogP contribution in [0.2, 0.25) is 0 Å². The fourth-order valence-corrected chi connectivity index (χ4v) is 5.14. The quantitative estimate of drug-likeness (QED) is 0.656. The van der Waals surface area contributed by atoms with Crippen LogP contribution in [-0.2, 0) is 16.0 Å². The standard InChI is InChI=1S/C28H29FN4O3/c1-28(2,3)36-27(35)33-23-11-10-20(13-23)25(33)26(34)32-22(16-31)12-17-4-6-18(7-5-17)19-8-9-21(15-30)24(29)14-19/h4-9,14,20,22-23,25H,10-13H2,1-3H3,(H,32,34). The second kappa shape index (κ2) is 9.99. The van der Waals surface area contributed by atoms with Crippen LogP contribution in [0.5, 0.6) is 0 Å². The molecule has 2 aromatic rings. The van der Waals surface area contributed by atoms with Crippen LogP contribution in [0.4, 0.5) is 9.18 Å². The zero-order valence-corrected chi connectivity index (χ0v) is 20.6. The Morgan fingerprint density at radius 2 is 1.83 bits per heavy atom. The molecular weight excluding hydrogens is 459 g/mol. The van der Waals surface area contributed by atoms with E-state index in [0.29, 0.717) is 5.56 Å². The van der Waals surface area contributed by atoms with Crippen LogP contribution in [0.15, 0.2) is 42.5 Å². The van der Waals surface area contributed by atoms with Gasteiger partial charge in [0.25, 0.3) is 0 Å². The average molecular weight is 489 g/mol. The molecule has 4 atom stereocenters. The lowest BCUT2D eigenvalue weighted by Gasteiger charge is -2.35. The lowest BCUT2D eigenvalue weighted by Crippen LogP contribution is -2.55. The van der Waals surface area contributed by atoms with Crippen LogP contribution in [0.3, 0.4) is 0 Å². The van der Waals surface area contributed by atoms with Gasteiger partial charge in [0.15, 0.2) is 0 Å². The van der Waals surface area contributed by atoms with Crippen LogP contribution in [0, 0.1) is 34.4 Å². The maximum absolute atomic E-state index is 14.0. The highest BCUT2D eigenvalue weighted by molar-refractivity contribution is 5.87. The molecule has 1 saturated carbocycles. The van der Waals surface area contributed by atoms with Crippen LogP contribution < -0.4 is 5.32 Å². The molecule has 36 heavy (non-hydrogen) atoms. The Hall–Kier alpha value is -3.91. The van der Waals surface area contributed by atoms with Gasteiger partial charge in [0.2, 0.25) is 5.91 Å². The number of ether oxygens (including phenoxy) is 1. The van der Waals surface area contributed by atoms with Gasteiger partial charge >= 0.3 is 6.09 Å². The largest absolute Gasteiger partial charge is 0.444 e. The number of nitrogens with one attached hydrogen (secondary N) is 1. The van der Waals surface area contributed by atoms with E-state index in [0.717, 1.165) is 30.4 Å². The van der Waals surface area contributed by atoms with Crippen LogP contribution in [0.25, 0.3) is 11.1 Å². The first-order chi connectivity index (χ1) is 17.1. The number of nitrogens with zero attached hydrogens (tertiary/aromatic N) is 3. The van der Waals surface area contributed by atoms with Gasteiger partial charge in [-0.15, -0.1) is 0 Å². The summed E-state index contributed by atoms with van der Waals surface area (Å²) in [5.74, 6) is -0.842. The lowest BCUT2D eigenvalue weighted by atomic mass is 9.97. The van der Waals surface area contributed by atoms with Gasteiger partial charge in [-0.25, -0.2) is 9.18 Å². The maximum atomic E-state index is 14.0. The topological polar surface area (TPSA) is 106 Å². The van der Waals surface area contributed by atoms with E-state index in [4.69, 9.17) is 10.00 Å². The molecule has 4 rings (SSSR count). The minimum Gasteiger partial charge on any atom is -0.444 e. The molecule has 8 heteroatoms. The number of piperidine rings is 1. The molecular formula is C28H29FN4O3. The number of carbonyl (C=O) groups is 2. The minimum absolute atomic E-state index is 0.0105.